The molecule has 1 fully saturated rings. The molecule has 4 heteroatoms. The Morgan fingerprint density at radius 2 is 2.16 bits per heavy atom. The molecule has 1 N–H and O–H groups in total. The number of nitrogens with zero attached hydrogens (tertiary/aromatic N) is 1. The molecule has 2 rings (SSSR count). The summed E-state index contributed by atoms with van der Waals surface area (Å²) in [6.45, 7) is 0.913. The predicted molar refractivity (Wildman–Crippen MR) is 80.9 cm³/mol. The number of anilines is 1. The molecule has 0 spiro atoms. The van der Waals surface area contributed by atoms with Gasteiger partial charge in [0, 0.05) is 17.4 Å². The van der Waals surface area contributed by atoms with Gasteiger partial charge >= 0.3 is 0 Å². The van der Waals surface area contributed by atoms with Crippen molar-refractivity contribution in [3.63, 3.8) is 0 Å². The minimum atomic E-state index is 0.329. The molecule has 1 aromatic rings. The first-order valence-electron chi connectivity index (χ1n) is 6.60. The van der Waals surface area contributed by atoms with Gasteiger partial charge in [0.15, 0.2) is 0 Å². The highest BCUT2D eigenvalue weighted by molar-refractivity contribution is 8.00. The first kappa shape index (κ1) is 14.1. The molecule has 1 aromatic carbocycles. The minimum Gasteiger partial charge on any atom is -0.497 e. The van der Waals surface area contributed by atoms with Crippen LogP contribution in [0.5, 0.6) is 5.75 Å². The van der Waals surface area contributed by atoms with E-state index in [4.69, 9.17) is 10.00 Å². The average Bonchev–Trinajstić information content (AvgIpc) is 2.94. The molecular formula is C15H20N2OS. The number of rotatable bonds is 5. The zero-order valence-electron chi connectivity index (χ0n) is 11.5. The van der Waals surface area contributed by atoms with Crippen LogP contribution in [0.3, 0.4) is 0 Å². The molecule has 0 amide bonds. The minimum absolute atomic E-state index is 0.329. The number of hydrogen-bond acceptors (Lipinski definition) is 4. The fraction of sp³-hybridized carbons (Fsp3) is 0.533. The second-order valence-electron chi connectivity index (χ2n) is 4.97. The number of thioether (sulfide) groups is 1. The van der Waals surface area contributed by atoms with Crippen molar-refractivity contribution in [1.82, 2.24) is 0 Å². The van der Waals surface area contributed by atoms with E-state index in [1.165, 1.54) is 25.7 Å². The van der Waals surface area contributed by atoms with E-state index in [1.807, 2.05) is 30.0 Å². The van der Waals surface area contributed by atoms with Gasteiger partial charge in [-0.15, -0.1) is 0 Å². The van der Waals surface area contributed by atoms with E-state index in [0.717, 1.165) is 18.0 Å². The van der Waals surface area contributed by atoms with E-state index in [0.29, 0.717) is 10.3 Å². The summed E-state index contributed by atoms with van der Waals surface area (Å²) in [5.74, 6) is 0.783. The normalized spacial score (nSPS) is 16.9. The third kappa shape index (κ3) is 3.16. The van der Waals surface area contributed by atoms with Crippen LogP contribution in [-0.2, 0) is 0 Å². The van der Waals surface area contributed by atoms with Gasteiger partial charge in [0.1, 0.15) is 11.8 Å². The van der Waals surface area contributed by atoms with E-state index >= 15 is 0 Å². The van der Waals surface area contributed by atoms with E-state index < -0.39 is 0 Å². The molecule has 0 unspecified atom stereocenters. The van der Waals surface area contributed by atoms with Gasteiger partial charge in [0.2, 0.25) is 0 Å². The molecule has 1 saturated carbocycles. The van der Waals surface area contributed by atoms with Crippen LogP contribution in [0.2, 0.25) is 0 Å². The van der Waals surface area contributed by atoms with Crippen LogP contribution in [0.15, 0.2) is 18.2 Å². The van der Waals surface area contributed by atoms with Crippen molar-refractivity contribution in [3.05, 3.63) is 23.8 Å². The Hall–Kier alpha value is -1.34. The summed E-state index contributed by atoms with van der Waals surface area (Å²) < 4.78 is 5.55. The summed E-state index contributed by atoms with van der Waals surface area (Å²) in [7, 11) is 1.64. The van der Waals surface area contributed by atoms with Crippen molar-refractivity contribution < 1.29 is 4.74 Å². The van der Waals surface area contributed by atoms with Crippen molar-refractivity contribution in [1.29, 1.82) is 5.26 Å². The van der Waals surface area contributed by atoms with Gasteiger partial charge in [-0.3, -0.25) is 0 Å². The van der Waals surface area contributed by atoms with Crippen LogP contribution in [0.1, 0.15) is 31.2 Å². The molecule has 0 atom stereocenters. The topological polar surface area (TPSA) is 45.0 Å². The number of methoxy groups -OCH3 is 1. The van der Waals surface area contributed by atoms with Gasteiger partial charge < -0.3 is 10.1 Å². The molecule has 1 aliphatic carbocycles. The van der Waals surface area contributed by atoms with Gasteiger partial charge in [-0.25, -0.2) is 0 Å². The van der Waals surface area contributed by atoms with Crippen LogP contribution in [0.25, 0.3) is 0 Å². The van der Waals surface area contributed by atoms with E-state index in [2.05, 4.69) is 17.6 Å². The monoisotopic (exact) mass is 276 g/mol. The standard InChI is InChI=1S/C15H20N2OS/c1-18-13-6-5-12(10-16)14(9-13)17-11-15(19-2)7-3-4-8-15/h5-6,9,17H,3-4,7-8,11H2,1-2H3. The van der Waals surface area contributed by atoms with Crippen LogP contribution in [0.4, 0.5) is 5.69 Å². The summed E-state index contributed by atoms with van der Waals surface area (Å²) in [5, 5.41) is 12.6. The molecule has 0 radical (unpaired) electrons. The lowest BCUT2D eigenvalue weighted by Gasteiger charge is -2.27. The lowest BCUT2D eigenvalue weighted by atomic mass is 10.1. The molecule has 0 aromatic heterocycles. The van der Waals surface area contributed by atoms with Crippen molar-refractivity contribution in [2.24, 2.45) is 0 Å². The highest BCUT2D eigenvalue weighted by Crippen LogP contribution is 2.40. The van der Waals surface area contributed by atoms with Crippen LogP contribution in [-0.4, -0.2) is 24.7 Å². The van der Waals surface area contributed by atoms with Crippen LogP contribution >= 0.6 is 11.8 Å². The molecular weight excluding hydrogens is 256 g/mol. The Labute approximate surface area is 119 Å². The van der Waals surface area contributed by atoms with Crippen LogP contribution in [0, 0.1) is 11.3 Å². The second-order valence-corrected chi connectivity index (χ2v) is 6.25. The maximum Gasteiger partial charge on any atom is 0.121 e. The fourth-order valence-electron chi connectivity index (χ4n) is 2.62. The summed E-state index contributed by atoms with van der Waals surface area (Å²) in [6.07, 6.45) is 7.32. The van der Waals surface area contributed by atoms with Gasteiger partial charge in [-0.2, -0.15) is 17.0 Å². The molecule has 0 aliphatic heterocycles. The van der Waals surface area contributed by atoms with Crippen molar-refractivity contribution in [2.45, 2.75) is 30.4 Å². The van der Waals surface area contributed by atoms with Gasteiger partial charge in [0.25, 0.3) is 0 Å². The third-order valence-corrected chi connectivity index (χ3v) is 5.31. The Morgan fingerprint density at radius 1 is 1.42 bits per heavy atom. The maximum atomic E-state index is 9.16. The summed E-state index contributed by atoms with van der Waals surface area (Å²) in [4.78, 5) is 0. The number of hydrogen-bond donors (Lipinski definition) is 1. The summed E-state index contributed by atoms with van der Waals surface area (Å²) >= 11 is 1.95. The Morgan fingerprint density at radius 3 is 2.74 bits per heavy atom. The van der Waals surface area contributed by atoms with Crippen molar-refractivity contribution in [3.8, 4) is 11.8 Å². The highest BCUT2D eigenvalue weighted by atomic mass is 32.2. The molecule has 0 heterocycles. The lowest BCUT2D eigenvalue weighted by Crippen LogP contribution is -2.30. The zero-order valence-corrected chi connectivity index (χ0v) is 12.3. The molecule has 19 heavy (non-hydrogen) atoms. The van der Waals surface area contributed by atoms with E-state index in [-0.39, 0.29) is 0 Å². The Balaban J connectivity index is 2.12. The third-order valence-electron chi connectivity index (χ3n) is 3.90. The number of ether oxygens (including phenoxy) is 1. The van der Waals surface area contributed by atoms with E-state index in [1.54, 1.807) is 7.11 Å². The first-order valence-corrected chi connectivity index (χ1v) is 7.83. The summed E-state index contributed by atoms with van der Waals surface area (Å²) in [6, 6.07) is 7.76. The highest BCUT2D eigenvalue weighted by Gasteiger charge is 2.32. The Bertz CT molecular complexity index is 476. The van der Waals surface area contributed by atoms with Gasteiger partial charge in [0.05, 0.1) is 18.4 Å². The first-order chi connectivity index (χ1) is 9.23. The number of benzene rings is 1. The van der Waals surface area contributed by atoms with E-state index in [9.17, 15) is 0 Å². The van der Waals surface area contributed by atoms with Gasteiger partial charge in [-0.05, 0) is 31.2 Å². The SMILES string of the molecule is COc1ccc(C#N)c(NCC2(SC)CCCC2)c1. The molecule has 102 valence electrons. The van der Waals surface area contributed by atoms with Crippen LogP contribution < -0.4 is 10.1 Å². The van der Waals surface area contributed by atoms with Crippen molar-refractivity contribution in [2.75, 3.05) is 25.2 Å². The quantitative estimate of drug-likeness (QED) is 0.891. The molecule has 3 nitrogen and oxygen atoms in total. The number of nitriles is 1. The molecule has 1 aliphatic rings. The Kier molecular flexibility index (Phi) is 4.60. The van der Waals surface area contributed by atoms with Crippen molar-refractivity contribution >= 4 is 17.4 Å². The fourth-order valence-corrected chi connectivity index (χ4v) is 3.54. The maximum absolute atomic E-state index is 9.16. The second kappa shape index (κ2) is 6.21. The molecule has 0 saturated heterocycles. The lowest BCUT2D eigenvalue weighted by molar-refractivity contribution is 0.415. The number of nitrogens with one attached hydrogen (secondary N) is 1. The average molecular weight is 276 g/mol. The smallest absolute Gasteiger partial charge is 0.121 e. The largest absolute Gasteiger partial charge is 0.497 e. The molecule has 0 bridgehead atoms. The van der Waals surface area contributed by atoms with Gasteiger partial charge in [-0.1, -0.05) is 12.8 Å². The predicted octanol–water partition coefficient (Wildman–Crippen LogP) is 3.65. The summed E-state index contributed by atoms with van der Waals surface area (Å²) in [5.41, 5.74) is 1.55. The zero-order chi connectivity index (χ0) is 13.7.